The SMILES string of the molecule is Cc1cc(C(=O)N2CCCC(C(C)N)C2)c(C)n1-c1cccc(Cl)c1.Cl. The van der Waals surface area contributed by atoms with Crippen molar-refractivity contribution in [2.45, 2.75) is 39.7 Å². The molecule has 2 N–H and O–H groups in total. The number of carbonyl (C=O) groups excluding carboxylic acids is 1. The molecule has 1 saturated heterocycles. The Morgan fingerprint density at radius 1 is 1.31 bits per heavy atom. The number of carbonyl (C=O) groups is 1. The van der Waals surface area contributed by atoms with Crippen LogP contribution in [0.25, 0.3) is 5.69 Å². The Balaban J connectivity index is 0.00000243. The molecule has 1 aromatic heterocycles. The second-order valence-electron chi connectivity index (χ2n) is 7.11. The summed E-state index contributed by atoms with van der Waals surface area (Å²) in [4.78, 5) is 15.1. The second-order valence-corrected chi connectivity index (χ2v) is 7.55. The van der Waals surface area contributed by atoms with E-state index >= 15 is 0 Å². The van der Waals surface area contributed by atoms with E-state index in [1.54, 1.807) is 0 Å². The van der Waals surface area contributed by atoms with Gasteiger partial charge in [0.05, 0.1) is 5.56 Å². The predicted octanol–water partition coefficient (Wildman–Crippen LogP) is 4.37. The molecule has 0 aliphatic carbocycles. The van der Waals surface area contributed by atoms with Gasteiger partial charge in [0.1, 0.15) is 0 Å². The maximum absolute atomic E-state index is 13.1. The Labute approximate surface area is 166 Å². The van der Waals surface area contributed by atoms with Gasteiger partial charge in [-0.25, -0.2) is 0 Å². The van der Waals surface area contributed by atoms with Crippen molar-refractivity contribution in [3.05, 3.63) is 52.3 Å². The summed E-state index contributed by atoms with van der Waals surface area (Å²) in [6, 6.07) is 9.81. The molecule has 26 heavy (non-hydrogen) atoms. The quantitative estimate of drug-likeness (QED) is 0.838. The number of rotatable bonds is 3. The largest absolute Gasteiger partial charge is 0.338 e. The lowest BCUT2D eigenvalue weighted by Gasteiger charge is -2.34. The van der Waals surface area contributed by atoms with Crippen LogP contribution in [0, 0.1) is 19.8 Å². The van der Waals surface area contributed by atoms with Crippen molar-refractivity contribution in [3.8, 4) is 5.69 Å². The van der Waals surface area contributed by atoms with Gasteiger partial charge >= 0.3 is 0 Å². The average molecular weight is 396 g/mol. The molecule has 0 radical (unpaired) electrons. The molecule has 2 atom stereocenters. The van der Waals surface area contributed by atoms with Crippen LogP contribution in [-0.4, -0.2) is 34.5 Å². The Morgan fingerprint density at radius 3 is 2.69 bits per heavy atom. The zero-order valence-electron chi connectivity index (χ0n) is 15.5. The second kappa shape index (κ2) is 8.47. The summed E-state index contributed by atoms with van der Waals surface area (Å²) < 4.78 is 2.09. The molecule has 1 aromatic carbocycles. The number of hydrogen-bond donors (Lipinski definition) is 1. The molecule has 1 amide bonds. The van der Waals surface area contributed by atoms with Gasteiger partial charge in [-0.3, -0.25) is 4.79 Å². The Hall–Kier alpha value is -1.49. The Bertz CT molecular complexity index is 785. The number of benzene rings is 1. The smallest absolute Gasteiger partial charge is 0.255 e. The first kappa shape index (κ1) is 20.8. The number of likely N-dealkylation sites (tertiary alicyclic amines) is 1. The number of hydrogen-bond acceptors (Lipinski definition) is 2. The number of halogens is 2. The molecule has 142 valence electrons. The Morgan fingerprint density at radius 2 is 2.04 bits per heavy atom. The summed E-state index contributed by atoms with van der Waals surface area (Å²) in [5.41, 5.74) is 9.79. The molecule has 6 heteroatoms. The van der Waals surface area contributed by atoms with E-state index in [4.69, 9.17) is 17.3 Å². The van der Waals surface area contributed by atoms with Crippen LogP contribution in [0.15, 0.2) is 30.3 Å². The first-order chi connectivity index (χ1) is 11.9. The number of amides is 1. The van der Waals surface area contributed by atoms with Crippen LogP contribution >= 0.6 is 24.0 Å². The third kappa shape index (κ3) is 4.08. The van der Waals surface area contributed by atoms with Gasteiger partial charge in [-0.15, -0.1) is 12.4 Å². The highest BCUT2D eigenvalue weighted by Crippen LogP contribution is 2.26. The zero-order chi connectivity index (χ0) is 18.1. The topological polar surface area (TPSA) is 51.3 Å². The highest BCUT2D eigenvalue weighted by Gasteiger charge is 2.28. The van der Waals surface area contributed by atoms with Crippen molar-refractivity contribution in [1.82, 2.24) is 9.47 Å². The third-order valence-electron chi connectivity index (χ3n) is 5.22. The van der Waals surface area contributed by atoms with Gasteiger partial charge in [0.25, 0.3) is 5.91 Å². The lowest BCUT2D eigenvalue weighted by molar-refractivity contribution is 0.0660. The molecular formula is C20H27Cl2N3O. The lowest BCUT2D eigenvalue weighted by Crippen LogP contribution is -2.45. The van der Waals surface area contributed by atoms with E-state index in [2.05, 4.69) is 4.57 Å². The van der Waals surface area contributed by atoms with E-state index < -0.39 is 0 Å². The molecule has 0 bridgehead atoms. The fourth-order valence-electron chi connectivity index (χ4n) is 3.79. The molecule has 0 saturated carbocycles. The number of nitrogens with two attached hydrogens (primary N) is 1. The minimum atomic E-state index is 0. The van der Waals surface area contributed by atoms with Gasteiger partial charge in [0.2, 0.25) is 0 Å². The van der Waals surface area contributed by atoms with Crippen LogP contribution < -0.4 is 5.73 Å². The van der Waals surface area contributed by atoms with Crippen LogP contribution in [0.2, 0.25) is 5.02 Å². The maximum Gasteiger partial charge on any atom is 0.255 e. The summed E-state index contributed by atoms with van der Waals surface area (Å²) >= 11 is 6.14. The minimum absolute atomic E-state index is 0. The molecule has 1 aliphatic rings. The first-order valence-corrected chi connectivity index (χ1v) is 9.26. The number of piperidine rings is 1. The van der Waals surface area contributed by atoms with E-state index in [1.165, 1.54) is 0 Å². The summed E-state index contributed by atoms with van der Waals surface area (Å²) in [6.07, 6.45) is 2.12. The van der Waals surface area contributed by atoms with E-state index in [9.17, 15) is 4.79 Å². The van der Waals surface area contributed by atoms with Gasteiger partial charge < -0.3 is 15.2 Å². The van der Waals surface area contributed by atoms with Gasteiger partial charge in [-0.2, -0.15) is 0 Å². The average Bonchev–Trinajstić information content (AvgIpc) is 2.88. The van der Waals surface area contributed by atoms with Crippen LogP contribution in [-0.2, 0) is 0 Å². The van der Waals surface area contributed by atoms with Crippen LogP contribution in [0.1, 0.15) is 41.5 Å². The van der Waals surface area contributed by atoms with Crippen molar-refractivity contribution in [2.24, 2.45) is 11.7 Å². The van der Waals surface area contributed by atoms with Crippen LogP contribution in [0.3, 0.4) is 0 Å². The van der Waals surface area contributed by atoms with E-state index in [0.29, 0.717) is 10.9 Å². The number of aryl methyl sites for hydroxylation is 1. The Kier molecular flexibility index (Phi) is 6.78. The fourth-order valence-corrected chi connectivity index (χ4v) is 3.97. The van der Waals surface area contributed by atoms with Crippen LogP contribution in [0.4, 0.5) is 0 Å². The molecule has 1 aliphatic heterocycles. The van der Waals surface area contributed by atoms with Gasteiger partial charge in [0.15, 0.2) is 0 Å². The molecule has 4 nitrogen and oxygen atoms in total. The zero-order valence-corrected chi connectivity index (χ0v) is 17.1. The summed E-state index contributed by atoms with van der Waals surface area (Å²) in [6.45, 7) is 7.60. The highest BCUT2D eigenvalue weighted by atomic mass is 35.5. The van der Waals surface area contributed by atoms with Gasteiger partial charge in [-0.1, -0.05) is 17.7 Å². The van der Waals surface area contributed by atoms with Crippen LogP contribution in [0.5, 0.6) is 0 Å². The molecule has 2 heterocycles. The first-order valence-electron chi connectivity index (χ1n) is 8.88. The normalized spacial score (nSPS) is 18.3. The van der Waals surface area contributed by atoms with Crippen molar-refractivity contribution >= 4 is 29.9 Å². The van der Waals surface area contributed by atoms with Crippen molar-refractivity contribution in [3.63, 3.8) is 0 Å². The summed E-state index contributed by atoms with van der Waals surface area (Å²) in [7, 11) is 0. The third-order valence-corrected chi connectivity index (χ3v) is 5.45. The lowest BCUT2D eigenvalue weighted by atomic mass is 9.92. The number of nitrogens with zero attached hydrogens (tertiary/aromatic N) is 2. The maximum atomic E-state index is 13.1. The fraction of sp³-hybridized carbons (Fsp3) is 0.450. The van der Waals surface area contributed by atoms with E-state index in [1.807, 2.05) is 56.0 Å². The van der Waals surface area contributed by atoms with Crippen molar-refractivity contribution in [1.29, 1.82) is 0 Å². The van der Waals surface area contributed by atoms with Crippen molar-refractivity contribution < 1.29 is 4.79 Å². The monoisotopic (exact) mass is 395 g/mol. The molecule has 3 rings (SSSR count). The summed E-state index contributed by atoms with van der Waals surface area (Å²) in [5, 5.41) is 0.689. The molecular weight excluding hydrogens is 369 g/mol. The predicted molar refractivity (Wildman–Crippen MR) is 110 cm³/mol. The summed E-state index contributed by atoms with van der Waals surface area (Å²) in [5.74, 6) is 0.487. The van der Waals surface area contributed by atoms with Gasteiger partial charge in [-0.05, 0) is 63.8 Å². The molecule has 2 unspecified atom stereocenters. The standard InChI is InChI=1S/C20H26ClN3O.ClH/c1-13-10-19(15(3)24(13)18-8-4-7-17(21)11-18)20(25)23-9-5-6-16(12-23)14(2)22;/h4,7-8,10-11,14,16H,5-6,9,12,22H2,1-3H3;1H. The molecule has 0 spiro atoms. The number of aromatic nitrogens is 1. The van der Waals surface area contributed by atoms with E-state index in [-0.39, 0.29) is 24.4 Å². The van der Waals surface area contributed by atoms with E-state index in [0.717, 1.165) is 48.6 Å². The van der Waals surface area contributed by atoms with Crippen molar-refractivity contribution in [2.75, 3.05) is 13.1 Å². The van der Waals surface area contributed by atoms with Gasteiger partial charge in [0, 0.05) is 41.2 Å². The molecule has 2 aromatic rings. The minimum Gasteiger partial charge on any atom is -0.338 e. The highest BCUT2D eigenvalue weighted by molar-refractivity contribution is 6.30. The molecule has 1 fully saturated rings.